The maximum atomic E-state index is 12.0. The van der Waals surface area contributed by atoms with Gasteiger partial charge in [0.1, 0.15) is 0 Å². The van der Waals surface area contributed by atoms with Gasteiger partial charge >= 0.3 is 0 Å². The zero-order valence-corrected chi connectivity index (χ0v) is 12.0. The molecule has 1 aromatic heterocycles. The molecule has 0 saturated carbocycles. The molecule has 0 aromatic carbocycles. The zero-order chi connectivity index (χ0) is 13.8. The average molecular weight is 278 g/mol. The third-order valence-corrected chi connectivity index (χ3v) is 4.22. The van der Waals surface area contributed by atoms with Crippen molar-refractivity contribution in [3.05, 3.63) is 30.1 Å². The fraction of sp³-hybridized carbons (Fsp3) is 0.500. The van der Waals surface area contributed by atoms with E-state index in [1.165, 1.54) is 11.8 Å². The summed E-state index contributed by atoms with van der Waals surface area (Å²) in [5.41, 5.74) is 1.13. The van der Waals surface area contributed by atoms with Gasteiger partial charge in [-0.1, -0.05) is 17.8 Å². The van der Waals surface area contributed by atoms with Crippen molar-refractivity contribution in [2.75, 3.05) is 6.54 Å². The number of carbonyl (C=O) groups is 2. The second kappa shape index (κ2) is 6.19. The summed E-state index contributed by atoms with van der Waals surface area (Å²) in [5.74, 6) is 0.148. The largest absolute Gasteiger partial charge is 0.338 e. The molecule has 0 radical (unpaired) electrons. The highest BCUT2D eigenvalue weighted by molar-refractivity contribution is 8.14. The van der Waals surface area contributed by atoms with E-state index in [2.05, 4.69) is 4.98 Å². The molecule has 1 saturated heterocycles. The van der Waals surface area contributed by atoms with Gasteiger partial charge in [-0.05, 0) is 25.0 Å². The van der Waals surface area contributed by atoms with Crippen LogP contribution in [-0.2, 0) is 16.0 Å². The van der Waals surface area contributed by atoms with Crippen LogP contribution >= 0.6 is 11.8 Å². The Bertz CT molecular complexity index is 464. The predicted molar refractivity (Wildman–Crippen MR) is 75.8 cm³/mol. The highest BCUT2D eigenvalue weighted by Gasteiger charge is 2.33. The molecule has 0 aliphatic carbocycles. The molecular weight excluding hydrogens is 260 g/mol. The number of pyridine rings is 1. The van der Waals surface area contributed by atoms with Crippen LogP contribution in [0.2, 0.25) is 0 Å². The Kier molecular flexibility index (Phi) is 4.58. The molecule has 2 unspecified atom stereocenters. The van der Waals surface area contributed by atoms with Crippen molar-refractivity contribution in [3.8, 4) is 0 Å². The highest BCUT2D eigenvalue weighted by atomic mass is 32.2. The van der Waals surface area contributed by atoms with E-state index >= 15 is 0 Å². The molecule has 1 amide bonds. The molecule has 2 atom stereocenters. The molecule has 1 aliphatic heterocycles. The zero-order valence-electron chi connectivity index (χ0n) is 11.2. The molecule has 1 aliphatic rings. The molecule has 1 aromatic rings. The predicted octanol–water partition coefficient (Wildman–Crippen LogP) is 1.89. The van der Waals surface area contributed by atoms with Gasteiger partial charge in [-0.15, -0.1) is 0 Å². The summed E-state index contributed by atoms with van der Waals surface area (Å²) < 4.78 is 0. The number of thioether (sulfide) groups is 1. The smallest absolute Gasteiger partial charge is 0.224 e. The topological polar surface area (TPSA) is 50.3 Å². The number of carbonyl (C=O) groups excluding carboxylic acids is 2. The maximum absolute atomic E-state index is 12.0. The molecule has 1 fully saturated rings. The van der Waals surface area contributed by atoms with Gasteiger partial charge in [-0.3, -0.25) is 14.6 Å². The summed E-state index contributed by atoms with van der Waals surface area (Å²) in [7, 11) is 0. The Labute approximate surface area is 117 Å². The first kappa shape index (κ1) is 14.1. The minimum absolute atomic E-state index is 0.0829. The molecule has 2 rings (SSSR count). The van der Waals surface area contributed by atoms with Gasteiger partial charge in [0, 0.05) is 43.6 Å². The number of hydrogen-bond donors (Lipinski definition) is 0. The lowest BCUT2D eigenvalue weighted by molar-refractivity contribution is -0.129. The van der Waals surface area contributed by atoms with E-state index in [1.54, 1.807) is 13.1 Å². The van der Waals surface area contributed by atoms with Crippen molar-refractivity contribution >= 4 is 22.8 Å². The molecular formula is C14H18N2O2S. The minimum Gasteiger partial charge on any atom is -0.338 e. The Morgan fingerprint density at radius 2 is 2.42 bits per heavy atom. The summed E-state index contributed by atoms with van der Waals surface area (Å²) in [4.78, 5) is 29.1. The second-order valence-electron chi connectivity index (χ2n) is 4.90. The van der Waals surface area contributed by atoms with E-state index in [-0.39, 0.29) is 22.3 Å². The Balaban J connectivity index is 1.94. The molecule has 0 spiro atoms. The summed E-state index contributed by atoms with van der Waals surface area (Å²) in [6.07, 6.45) is 4.85. The molecule has 19 heavy (non-hydrogen) atoms. The van der Waals surface area contributed by atoms with Crippen LogP contribution in [-0.4, -0.2) is 38.7 Å². The van der Waals surface area contributed by atoms with Crippen LogP contribution in [0.4, 0.5) is 0 Å². The van der Waals surface area contributed by atoms with Crippen LogP contribution < -0.4 is 0 Å². The van der Waals surface area contributed by atoms with E-state index in [0.29, 0.717) is 13.0 Å². The van der Waals surface area contributed by atoms with Crippen molar-refractivity contribution in [1.29, 1.82) is 0 Å². The van der Waals surface area contributed by atoms with Gasteiger partial charge in [0.15, 0.2) is 5.12 Å². The first-order valence-corrected chi connectivity index (χ1v) is 7.30. The SMILES string of the molecule is CC(=O)SC1CC(=O)N(C(C)Cc2cccnc2)C1. The van der Waals surface area contributed by atoms with E-state index in [0.717, 1.165) is 12.0 Å². The number of rotatable bonds is 4. The van der Waals surface area contributed by atoms with Crippen LogP contribution in [0.25, 0.3) is 0 Å². The van der Waals surface area contributed by atoms with Crippen molar-refractivity contribution in [2.45, 2.75) is 38.0 Å². The monoisotopic (exact) mass is 278 g/mol. The van der Waals surface area contributed by atoms with Crippen LogP contribution in [0.15, 0.2) is 24.5 Å². The van der Waals surface area contributed by atoms with Crippen LogP contribution in [0.3, 0.4) is 0 Å². The minimum atomic E-state index is 0.0829. The summed E-state index contributed by atoms with van der Waals surface area (Å²) in [5, 5.41) is 0.195. The molecule has 102 valence electrons. The second-order valence-corrected chi connectivity index (χ2v) is 6.37. The molecule has 2 heterocycles. The lowest BCUT2D eigenvalue weighted by Crippen LogP contribution is -2.36. The number of nitrogens with zero attached hydrogens (tertiary/aromatic N) is 2. The summed E-state index contributed by atoms with van der Waals surface area (Å²) >= 11 is 1.28. The number of amides is 1. The molecule has 5 heteroatoms. The van der Waals surface area contributed by atoms with Gasteiger partial charge in [0.05, 0.1) is 0 Å². The maximum Gasteiger partial charge on any atom is 0.224 e. The van der Waals surface area contributed by atoms with Crippen LogP contribution in [0.5, 0.6) is 0 Å². The summed E-state index contributed by atoms with van der Waals surface area (Å²) in [6.45, 7) is 4.27. The van der Waals surface area contributed by atoms with Gasteiger partial charge in [0.2, 0.25) is 5.91 Å². The third-order valence-electron chi connectivity index (χ3n) is 3.24. The van der Waals surface area contributed by atoms with E-state index in [1.807, 2.05) is 30.2 Å². The van der Waals surface area contributed by atoms with E-state index in [9.17, 15) is 9.59 Å². The van der Waals surface area contributed by atoms with Gasteiger partial charge in [-0.2, -0.15) is 0 Å². The standard InChI is InChI=1S/C14H18N2O2S/c1-10(6-12-4-3-5-15-8-12)16-9-13(7-14(16)18)19-11(2)17/h3-5,8,10,13H,6-7,9H2,1-2H3. The van der Waals surface area contributed by atoms with Crippen molar-refractivity contribution in [2.24, 2.45) is 0 Å². The number of likely N-dealkylation sites (tertiary alicyclic amines) is 1. The molecule has 0 bridgehead atoms. The Morgan fingerprint density at radius 1 is 1.63 bits per heavy atom. The lowest BCUT2D eigenvalue weighted by Gasteiger charge is -2.24. The highest BCUT2D eigenvalue weighted by Crippen LogP contribution is 2.26. The number of aromatic nitrogens is 1. The van der Waals surface area contributed by atoms with Crippen LogP contribution in [0, 0.1) is 0 Å². The first-order valence-electron chi connectivity index (χ1n) is 6.42. The van der Waals surface area contributed by atoms with Crippen molar-refractivity contribution < 1.29 is 9.59 Å². The lowest BCUT2D eigenvalue weighted by atomic mass is 10.1. The molecule has 4 nitrogen and oxygen atoms in total. The number of hydrogen-bond acceptors (Lipinski definition) is 4. The Morgan fingerprint density at radius 3 is 3.05 bits per heavy atom. The fourth-order valence-electron chi connectivity index (χ4n) is 2.41. The quantitative estimate of drug-likeness (QED) is 0.844. The summed E-state index contributed by atoms with van der Waals surface area (Å²) in [6, 6.07) is 4.07. The van der Waals surface area contributed by atoms with Gasteiger partial charge < -0.3 is 4.90 Å². The Hall–Kier alpha value is -1.36. The van der Waals surface area contributed by atoms with Gasteiger partial charge in [-0.25, -0.2) is 0 Å². The van der Waals surface area contributed by atoms with Crippen molar-refractivity contribution in [1.82, 2.24) is 9.88 Å². The van der Waals surface area contributed by atoms with Gasteiger partial charge in [0.25, 0.3) is 0 Å². The van der Waals surface area contributed by atoms with Crippen LogP contribution in [0.1, 0.15) is 25.8 Å². The van der Waals surface area contributed by atoms with E-state index < -0.39 is 0 Å². The van der Waals surface area contributed by atoms with E-state index in [4.69, 9.17) is 0 Å². The van der Waals surface area contributed by atoms with Crippen molar-refractivity contribution in [3.63, 3.8) is 0 Å². The average Bonchev–Trinajstić information content (AvgIpc) is 2.70. The normalized spacial score (nSPS) is 20.6. The fourth-order valence-corrected chi connectivity index (χ4v) is 3.34. The first-order chi connectivity index (χ1) is 9.06. The third kappa shape index (κ3) is 3.80. The molecule has 0 N–H and O–H groups in total.